The highest BCUT2D eigenvalue weighted by Crippen LogP contribution is 2.21. The Morgan fingerprint density at radius 2 is 1.68 bits per heavy atom. The molecule has 0 radical (unpaired) electrons. The van der Waals surface area contributed by atoms with Gasteiger partial charge in [-0.25, -0.2) is 0 Å². The lowest BCUT2D eigenvalue weighted by Crippen LogP contribution is -2.21. The number of benzene rings is 2. The van der Waals surface area contributed by atoms with E-state index in [1.807, 2.05) is 24.3 Å². The molecular weight excluding hydrogens is 234 g/mol. The van der Waals surface area contributed by atoms with Crippen molar-refractivity contribution in [2.45, 2.75) is 13.3 Å². The molecule has 0 aliphatic carbocycles. The monoisotopic (exact) mass is 253 g/mol. The standard InChI is InChI=1S/C17H19NO/c1-4-13-8-10-14(11-9-13)15-6-5-7-16(12-15)17(19)18(2)3/h5-12H,4H2,1-3H3. The Kier molecular flexibility index (Phi) is 4.00. The van der Waals surface area contributed by atoms with E-state index in [4.69, 9.17) is 0 Å². The van der Waals surface area contributed by atoms with E-state index in [0.717, 1.165) is 23.1 Å². The van der Waals surface area contributed by atoms with Gasteiger partial charge in [-0.05, 0) is 35.2 Å². The van der Waals surface area contributed by atoms with E-state index in [1.165, 1.54) is 5.56 Å². The van der Waals surface area contributed by atoms with Crippen molar-refractivity contribution < 1.29 is 4.79 Å². The van der Waals surface area contributed by atoms with Gasteiger partial charge in [0.05, 0.1) is 0 Å². The molecule has 0 fully saturated rings. The van der Waals surface area contributed by atoms with Crippen LogP contribution in [0, 0.1) is 0 Å². The largest absolute Gasteiger partial charge is 0.345 e. The van der Waals surface area contributed by atoms with Crippen LogP contribution < -0.4 is 0 Å². The molecule has 0 atom stereocenters. The summed E-state index contributed by atoms with van der Waals surface area (Å²) >= 11 is 0. The maximum Gasteiger partial charge on any atom is 0.253 e. The number of hydrogen-bond acceptors (Lipinski definition) is 1. The van der Waals surface area contributed by atoms with Crippen LogP contribution in [0.25, 0.3) is 11.1 Å². The Morgan fingerprint density at radius 1 is 1.00 bits per heavy atom. The minimum absolute atomic E-state index is 0.0343. The van der Waals surface area contributed by atoms with Crippen LogP contribution >= 0.6 is 0 Å². The number of hydrogen-bond donors (Lipinski definition) is 0. The summed E-state index contributed by atoms with van der Waals surface area (Å²) in [7, 11) is 3.54. The van der Waals surface area contributed by atoms with Crippen LogP contribution in [0.4, 0.5) is 0 Å². The average molecular weight is 253 g/mol. The second-order valence-electron chi connectivity index (χ2n) is 4.83. The van der Waals surface area contributed by atoms with Gasteiger partial charge < -0.3 is 4.90 Å². The average Bonchev–Trinajstić information content (AvgIpc) is 2.46. The van der Waals surface area contributed by atoms with Crippen molar-refractivity contribution >= 4 is 5.91 Å². The fourth-order valence-corrected chi connectivity index (χ4v) is 2.02. The van der Waals surface area contributed by atoms with Gasteiger partial charge in [-0.1, -0.05) is 43.3 Å². The Morgan fingerprint density at radius 3 is 2.26 bits per heavy atom. The lowest BCUT2D eigenvalue weighted by atomic mass is 10.0. The summed E-state index contributed by atoms with van der Waals surface area (Å²) in [6.07, 6.45) is 1.04. The highest BCUT2D eigenvalue weighted by atomic mass is 16.2. The number of nitrogens with zero attached hydrogens (tertiary/aromatic N) is 1. The van der Waals surface area contributed by atoms with E-state index < -0.39 is 0 Å². The number of carbonyl (C=O) groups excluding carboxylic acids is 1. The zero-order valence-electron chi connectivity index (χ0n) is 11.7. The molecule has 0 aliphatic heterocycles. The van der Waals surface area contributed by atoms with Crippen molar-refractivity contribution in [3.63, 3.8) is 0 Å². The summed E-state index contributed by atoms with van der Waals surface area (Å²) in [5, 5.41) is 0. The third-order valence-corrected chi connectivity index (χ3v) is 3.21. The molecule has 0 N–H and O–H groups in total. The summed E-state index contributed by atoms with van der Waals surface area (Å²) in [6, 6.07) is 16.3. The van der Waals surface area contributed by atoms with Crippen molar-refractivity contribution in [1.82, 2.24) is 4.90 Å². The van der Waals surface area contributed by atoms with Crippen LogP contribution in [0.3, 0.4) is 0 Å². The fraction of sp³-hybridized carbons (Fsp3) is 0.235. The molecule has 2 rings (SSSR count). The van der Waals surface area contributed by atoms with Crippen molar-refractivity contribution in [1.29, 1.82) is 0 Å². The smallest absolute Gasteiger partial charge is 0.253 e. The van der Waals surface area contributed by atoms with Gasteiger partial charge in [0.1, 0.15) is 0 Å². The molecule has 98 valence electrons. The maximum absolute atomic E-state index is 12.0. The van der Waals surface area contributed by atoms with Crippen LogP contribution in [-0.4, -0.2) is 24.9 Å². The Labute approximate surface area is 114 Å². The molecule has 0 heterocycles. The molecule has 0 unspecified atom stereocenters. The SMILES string of the molecule is CCc1ccc(-c2cccc(C(=O)N(C)C)c2)cc1. The summed E-state index contributed by atoms with van der Waals surface area (Å²) < 4.78 is 0. The Balaban J connectivity index is 2.34. The van der Waals surface area contributed by atoms with Crippen LogP contribution in [0.2, 0.25) is 0 Å². The van der Waals surface area contributed by atoms with Gasteiger partial charge in [-0.2, -0.15) is 0 Å². The first kappa shape index (κ1) is 13.3. The Hall–Kier alpha value is -2.09. The van der Waals surface area contributed by atoms with Crippen molar-refractivity contribution in [3.05, 3.63) is 59.7 Å². The molecule has 0 saturated carbocycles. The van der Waals surface area contributed by atoms with E-state index in [0.29, 0.717) is 0 Å². The molecule has 19 heavy (non-hydrogen) atoms. The van der Waals surface area contributed by atoms with Crippen molar-refractivity contribution in [2.24, 2.45) is 0 Å². The molecule has 0 aromatic heterocycles. The van der Waals surface area contributed by atoms with E-state index in [9.17, 15) is 4.79 Å². The summed E-state index contributed by atoms with van der Waals surface area (Å²) in [4.78, 5) is 13.6. The molecule has 2 nitrogen and oxygen atoms in total. The lowest BCUT2D eigenvalue weighted by Gasteiger charge is -2.11. The zero-order valence-corrected chi connectivity index (χ0v) is 11.7. The minimum Gasteiger partial charge on any atom is -0.345 e. The molecule has 2 aromatic rings. The van der Waals surface area contributed by atoms with E-state index in [2.05, 4.69) is 31.2 Å². The van der Waals surface area contributed by atoms with Crippen LogP contribution in [0.1, 0.15) is 22.8 Å². The van der Waals surface area contributed by atoms with Crippen LogP contribution in [0.5, 0.6) is 0 Å². The topological polar surface area (TPSA) is 20.3 Å². The molecule has 0 aliphatic rings. The van der Waals surface area contributed by atoms with Gasteiger partial charge in [0.2, 0.25) is 0 Å². The molecule has 0 bridgehead atoms. The van der Waals surface area contributed by atoms with Crippen LogP contribution in [-0.2, 0) is 6.42 Å². The molecule has 0 spiro atoms. The first-order chi connectivity index (χ1) is 9.11. The van der Waals surface area contributed by atoms with Gasteiger partial charge >= 0.3 is 0 Å². The maximum atomic E-state index is 12.0. The number of amides is 1. The highest BCUT2D eigenvalue weighted by Gasteiger charge is 2.08. The van der Waals surface area contributed by atoms with E-state index in [1.54, 1.807) is 19.0 Å². The minimum atomic E-state index is 0.0343. The van der Waals surface area contributed by atoms with Gasteiger partial charge in [0, 0.05) is 19.7 Å². The van der Waals surface area contributed by atoms with E-state index >= 15 is 0 Å². The molecule has 1 amide bonds. The molecular formula is C17H19NO. The second-order valence-corrected chi connectivity index (χ2v) is 4.83. The number of rotatable bonds is 3. The number of carbonyl (C=O) groups is 1. The van der Waals surface area contributed by atoms with Gasteiger partial charge in [0.25, 0.3) is 5.91 Å². The fourth-order valence-electron chi connectivity index (χ4n) is 2.02. The first-order valence-electron chi connectivity index (χ1n) is 6.53. The lowest BCUT2D eigenvalue weighted by molar-refractivity contribution is 0.0827. The quantitative estimate of drug-likeness (QED) is 0.818. The van der Waals surface area contributed by atoms with Gasteiger partial charge in [0.15, 0.2) is 0 Å². The van der Waals surface area contributed by atoms with Gasteiger partial charge in [-0.3, -0.25) is 4.79 Å². The number of aryl methyl sites for hydroxylation is 1. The predicted molar refractivity (Wildman–Crippen MR) is 79.3 cm³/mol. The van der Waals surface area contributed by atoms with E-state index in [-0.39, 0.29) is 5.91 Å². The first-order valence-corrected chi connectivity index (χ1v) is 6.53. The second kappa shape index (κ2) is 5.70. The molecule has 2 heteroatoms. The summed E-state index contributed by atoms with van der Waals surface area (Å²) in [6.45, 7) is 2.14. The highest BCUT2D eigenvalue weighted by molar-refractivity contribution is 5.95. The third kappa shape index (κ3) is 3.02. The zero-order chi connectivity index (χ0) is 13.8. The molecule has 0 saturated heterocycles. The predicted octanol–water partition coefficient (Wildman–Crippen LogP) is 3.62. The van der Waals surface area contributed by atoms with Crippen LogP contribution in [0.15, 0.2) is 48.5 Å². The van der Waals surface area contributed by atoms with Gasteiger partial charge in [-0.15, -0.1) is 0 Å². The molecule has 2 aromatic carbocycles. The third-order valence-electron chi connectivity index (χ3n) is 3.21. The summed E-state index contributed by atoms with van der Waals surface area (Å²) in [5.41, 5.74) is 4.27. The summed E-state index contributed by atoms with van der Waals surface area (Å²) in [5.74, 6) is 0.0343. The van der Waals surface area contributed by atoms with Crippen molar-refractivity contribution in [2.75, 3.05) is 14.1 Å². The normalized spacial score (nSPS) is 10.3. The van der Waals surface area contributed by atoms with Crippen molar-refractivity contribution in [3.8, 4) is 11.1 Å². The Bertz CT molecular complexity index is 570.